The molecule has 1 atom stereocenters. The van der Waals surface area contributed by atoms with Crippen LogP contribution in [0.2, 0.25) is 0 Å². The van der Waals surface area contributed by atoms with Crippen molar-refractivity contribution < 1.29 is 14.3 Å². The Hall–Kier alpha value is -2.08. The van der Waals surface area contributed by atoms with Gasteiger partial charge in [-0.15, -0.1) is 11.3 Å². The van der Waals surface area contributed by atoms with Crippen molar-refractivity contribution in [3.8, 4) is 22.1 Å². The van der Waals surface area contributed by atoms with Gasteiger partial charge in [-0.25, -0.2) is 4.98 Å². The van der Waals surface area contributed by atoms with Crippen molar-refractivity contribution in [3.63, 3.8) is 0 Å². The number of amides is 1. The van der Waals surface area contributed by atoms with Crippen molar-refractivity contribution in [2.75, 3.05) is 27.3 Å². The summed E-state index contributed by atoms with van der Waals surface area (Å²) >= 11 is 1.45. The number of thiazole rings is 1. The fraction of sp³-hybridized carbons (Fsp3) is 0.444. The monoisotopic (exact) mass is 346 g/mol. The lowest BCUT2D eigenvalue weighted by Crippen LogP contribution is -2.39. The highest BCUT2D eigenvalue weighted by Crippen LogP contribution is 2.39. The van der Waals surface area contributed by atoms with Gasteiger partial charge in [-0.3, -0.25) is 4.79 Å². The topological polar surface area (TPSA) is 51.7 Å². The van der Waals surface area contributed by atoms with Gasteiger partial charge in [0, 0.05) is 18.5 Å². The van der Waals surface area contributed by atoms with Gasteiger partial charge in [0.05, 0.1) is 19.8 Å². The number of methoxy groups -OCH3 is 2. The molecule has 0 radical (unpaired) electrons. The summed E-state index contributed by atoms with van der Waals surface area (Å²) in [5.74, 6) is 1.87. The standard InChI is InChI=1S/C18H22N2O3S/c1-12-6-5-9-20(10-12)18(21)14-11-24-17(19-14)13-7-4-8-15(22-2)16(13)23-3/h4,7-8,11-12H,5-6,9-10H2,1-3H3/t12-/m1/s1. The Labute approximate surface area is 146 Å². The molecule has 0 unspecified atom stereocenters. The van der Waals surface area contributed by atoms with E-state index in [1.807, 2.05) is 28.5 Å². The van der Waals surface area contributed by atoms with E-state index in [2.05, 4.69) is 11.9 Å². The Kier molecular flexibility index (Phi) is 5.04. The number of para-hydroxylation sites is 1. The number of carbonyl (C=O) groups is 1. The zero-order valence-corrected chi connectivity index (χ0v) is 15.1. The number of ether oxygens (including phenoxy) is 2. The van der Waals surface area contributed by atoms with Gasteiger partial charge in [-0.1, -0.05) is 13.0 Å². The SMILES string of the molecule is COc1cccc(-c2nc(C(=O)N3CCC[C@@H](C)C3)cs2)c1OC. The molecule has 6 heteroatoms. The summed E-state index contributed by atoms with van der Waals surface area (Å²) in [6.45, 7) is 3.82. The quantitative estimate of drug-likeness (QED) is 0.847. The van der Waals surface area contributed by atoms with Crippen LogP contribution in [0.15, 0.2) is 23.6 Å². The summed E-state index contributed by atoms with van der Waals surface area (Å²) in [5, 5.41) is 2.59. The van der Waals surface area contributed by atoms with Crippen LogP contribution in [-0.4, -0.2) is 43.1 Å². The number of nitrogens with zero attached hydrogens (tertiary/aromatic N) is 2. The van der Waals surface area contributed by atoms with Crippen LogP contribution in [0.3, 0.4) is 0 Å². The molecular weight excluding hydrogens is 324 g/mol. The van der Waals surface area contributed by atoms with E-state index < -0.39 is 0 Å². The third-order valence-electron chi connectivity index (χ3n) is 4.30. The van der Waals surface area contributed by atoms with Crippen LogP contribution >= 0.6 is 11.3 Å². The van der Waals surface area contributed by atoms with E-state index in [9.17, 15) is 4.79 Å². The van der Waals surface area contributed by atoms with Crippen LogP contribution < -0.4 is 9.47 Å². The Bertz CT molecular complexity index is 729. The number of likely N-dealkylation sites (tertiary alicyclic amines) is 1. The lowest BCUT2D eigenvalue weighted by Gasteiger charge is -2.30. The summed E-state index contributed by atoms with van der Waals surface area (Å²) in [6, 6.07) is 5.67. The molecule has 1 aliphatic heterocycles. The largest absolute Gasteiger partial charge is 0.493 e. The van der Waals surface area contributed by atoms with Crippen LogP contribution in [0, 0.1) is 5.92 Å². The molecule has 2 aromatic rings. The van der Waals surface area contributed by atoms with Gasteiger partial charge in [0.15, 0.2) is 11.5 Å². The van der Waals surface area contributed by atoms with E-state index in [4.69, 9.17) is 9.47 Å². The summed E-state index contributed by atoms with van der Waals surface area (Å²) in [6.07, 6.45) is 2.25. The number of piperidine rings is 1. The average Bonchev–Trinajstić information content (AvgIpc) is 3.10. The Morgan fingerprint density at radius 1 is 1.33 bits per heavy atom. The lowest BCUT2D eigenvalue weighted by atomic mass is 10.0. The van der Waals surface area contributed by atoms with Crippen molar-refractivity contribution in [1.29, 1.82) is 0 Å². The van der Waals surface area contributed by atoms with E-state index >= 15 is 0 Å². The molecule has 1 amide bonds. The van der Waals surface area contributed by atoms with Crippen molar-refractivity contribution in [2.24, 2.45) is 5.92 Å². The average molecular weight is 346 g/mol. The van der Waals surface area contributed by atoms with E-state index in [0.717, 1.165) is 30.1 Å². The van der Waals surface area contributed by atoms with E-state index in [-0.39, 0.29) is 5.91 Å². The van der Waals surface area contributed by atoms with Crippen molar-refractivity contribution in [1.82, 2.24) is 9.88 Å². The highest BCUT2D eigenvalue weighted by Gasteiger charge is 2.24. The van der Waals surface area contributed by atoms with Gasteiger partial charge in [0.25, 0.3) is 5.91 Å². The highest BCUT2D eigenvalue weighted by molar-refractivity contribution is 7.13. The Morgan fingerprint density at radius 2 is 2.17 bits per heavy atom. The zero-order chi connectivity index (χ0) is 17.1. The molecule has 128 valence electrons. The summed E-state index contributed by atoms with van der Waals surface area (Å²) in [4.78, 5) is 19.2. The lowest BCUT2D eigenvalue weighted by molar-refractivity contribution is 0.0678. The molecule has 1 saturated heterocycles. The second-order valence-corrected chi connectivity index (χ2v) is 6.94. The molecule has 1 aromatic heterocycles. The normalized spacial score (nSPS) is 17.6. The molecule has 0 bridgehead atoms. The first-order valence-corrected chi connectivity index (χ1v) is 8.98. The number of carbonyl (C=O) groups excluding carboxylic acids is 1. The molecule has 0 aliphatic carbocycles. The van der Waals surface area contributed by atoms with Crippen LogP contribution in [0.5, 0.6) is 11.5 Å². The fourth-order valence-corrected chi connectivity index (χ4v) is 3.90. The number of rotatable bonds is 4. The molecule has 0 N–H and O–H groups in total. The minimum atomic E-state index is 0.0194. The first kappa shape index (κ1) is 16.8. The number of hydrogen-bond donors (Lipinski definition) is 0. The first-order valence-electron chi connectivity index (χ1n) is 8.10. The number of hydrogen-bond acceptors (Lipinski definition) is 5. The van der Waals surface area contributed by atoms with E-state index in [1.165, 1.54) is 17.8 Å². The maximum Gasteiger partial charge on any atom is 0.273 e. The second-order valence-electron chi connectivity index (χ2n) is 6.08. The Balaban J connectivity index is 1.87. The summed E-state index contributed by atoms with van der Waals surface area (Å²) in [7, 11) is 3.21. The first-order chi connectivity index (χ1) is 11.6. The van der Waals surface area contributed by atoms with Crippen molar-refractivity contribution >= 4 is 17.2 Å². The molecule has 2 heterocycles. The molecule has 1 aliphatic rings. The van der Waals surface area contributed by atoms with Crippen LogP contribution in [0.4, 0.5) is 0 Å². The maximum absolute atomic E-state index is 12.7. The minimum Gasteiger partial charge on any atom is -0.493 e. The highest BCUT2D eigenvalue weighted by atomic mass is 32.1. The maximum atomic E-state index is 12.7. The summed E-state index contributed by atoms with van der Waals surface area (Å²) in [5.41, 5.74) is 1.35. The second kappa shape index (κ2) is 7.21. The number of benzene rings is 1. The molecule has 0 spiro atoms. The molecule has 1 fully saturated rings. The van der Waals surface area contributed by atoms with Crippen LogP contribution in [-0.2, 0) is 0 Å². The van der Waals surface area contributed by atoms with Gasteiger partial charge >= 0.3 is 0 Å². The van der Waals surface area contributed by atoms with Gasteiger partial charge in [-0.2, -0.15) is 0 Å². The fourth-order valence-electron chi connectivity index (χ4n) is 3.09. The molecule has 3 rings (SSSR count). The third-order valence-corrected chi connectivity index (χ3v) is 5.18. The molecule has 5 nitrogen and oxygen atoms in total. The molecule has 0 saturated carbocycles. The number of aromatic nitrogens is 1. The van der Waals surface area contributed by atoms with Crippen molar-refractivity contribution in [2.45, 2.75) is 19.8 Å². The van der Waals surface area contributed by atoms with Gasteiger partial charge < -0.3 is 14.4 Å². The smallest absolute Gasteiger partial charge is 0.273 e. The van der Waals surface area contributed by atoms with Crippen LogP contribution in [0.1, 0.15) is 30.3 Å². The minimum absolute atomic E-state index is 0.0194. The summed E-state index contributed by atoms with van der Waals surface area (Å²) < 4.78 is 10.8. The Morgan fingerprint density at radius 3 is 2.88 bits per heavy atom. The predicted molar refractivity (Wildman–Crippen MR) is 95.0 cm³/mol. The van der Waals surface area contributed by atoms with Gasteiger partial charge in [0.1, 0.15) is 10.7 Å². The molecule has 24 heavy (non-hydrogen) atoms. The third kappa shape index (κ3) is 3.24. The van der Waals surface area contributed by atoms with Crippen molar-refractivity contribution in [3.05, 3.63) is 29.3 Å². The van der Waals surface area contributed by atoms with Crippen LogP contribution in [0.25, 0.3) is 10.6 Å². The van der Waals surface area contributed by atoms with Gasteiger partial charge in [0.2, 0.25) is 0 Å². The predicted octanol–water partition coefficient (Wildman–Crippen LogP) is 3.70. The van der Waals surface area contributed by atoms with E-state index in [1.54, 1.807) is 14.2 Å². The van der Waals surface area contributed by atoms with Gasteiger partial charge in [-0.05, 0) is 30.9 Å². The van der Waals surface area contributed by atoms with E-state index in [0.29, 0.717) is 23.1 Å². The molecular formula is C18H22N2O3S. The zero-order valence-electron chi connectivity index (χ0n) is 14.2. The molecule has 1 aromatic carbocycles.